The average molecular weight is 387 g/mol. The minimum Gasteiger partial charge on any atom is -0.265 e. The van der Waals surface area contributed by atoms with Crippen LogP contribution in [0.5, 0.6) is 0 Å². The lowest BCUT2D eigenvalue weighted by molar-refractivity contribution is 0.412. The molecule has 0 saturated heterocycles. The molecule has 25 heavy (non-hydrogen) atoms. The molecule has 136 valence electrons. The van der Waals surface area contributed by atoms with E-state index in [-0.39, 0.29) is 24.5 Å². The number of hydrogen-bond acceptors (Lipinski definition) is 5. The van der Waals surface area contributed by atoms with Crippen LogP contribution in [0.1, 0.15) is 5.56 Å². The van der Waals surface area contributed by atoms with Crippen LogP contribution in [0.2, 0.25) is 0 Å². The lowest BCUT2D eigenvalue weighted by Gasteiger charge is -2.20. The van der Waals surface area contributed by atoms with Gasteiger partial charge in [-0.3, -0.25) is 4.98 Å². The molecule has 2 rings (SSSR count). The molecule has 0 unspecified atom stereocenters. The zero-order valence-electron chi connectivity index (χ0n) is 13.5. The molecule has 0 radical (unpaired) electrons. The Morgan fingerprint density at radius 3 is 2.20 bits per heavy atom. The van der Waals surface area contributed by atoms with Gasteiger partial charge in [0.05, 0.1) is 11.2 Å². The molecule has 1 heterocycles. The lowest BCUT2D eigenvalue weighted by Crippen LogP contribution is -2.37. The van der Waals surface area contributed by atoms with Crippen molar-refractivity contribution in [3.05, 3.63) is 60.2 Å². The van der Waals surface area contributed by atoms with E-state index in [1.807, 2.05) is 0 Å². The highest BCUT2D eigenvalue weighted by molar-refractivity contribution is 7.89. The van der Waals surface area contributed by atoms with Crippen LogP contribution in [-0.4, -0.2) is 45.5 Å². The minimum atomic E-state index is -3.84. The van der Waals surface area contributed by atoms with Crippen molar-refractivity contribution < 1.29 is 21.2 Å². The number of rotatable bonds is 8. The number of sulfonamides is 2. The second-order valence-electron chi connectivity index (χ2n) is 5.30. The fourth-order valence-corrected chi connectivity index (χ4v) is 3.88. The average Bonchev–Trinajstić information content (AvgIpc) is 2.54. The SMILES string of the molecule is CS(=O)(=O)N(CCNS(=O)(=O)c1ccc(F)cc1)Cc1ccncc1. The second-order valence-corrected chi connectivity index (χ2v) is 9.05. The standard InChI is InChI=1S/C15H18FN3O4S2/c1-24(20,21)19(12-13-6-8-17-9-7-13)11-10-18-25(22,23)15-4-2-14(16)3-5-15/h2-9,18H,10-12H2,1H3. The summed E-state index contributed by atoms with van der Waals surface area (Å²) in [5, 5.41) is 0. The number of halogens is 1. The van der Waals surface area contributed by atoms with Gasteiger partial charge in [0.25, 0.3) is 0 Å². The van der Waals surface area contributed by atoms with Gasteiger partial charge in [0.1, 0.15) is 5.82 Å². The molecular weight excluding hydrogens is 369 g/mol. The Kier molecular flexibility index (Phi) is 6.22. The molecule has 0 aliphatic carbocycles. The van der Waals surface area contributed by atoms with Crippen LogP contribution < -0.4 is 4.72 Å². The van der Waals surface area contributed by atoms with E-state index in [4.69, 9.17) is 0 Å². The van der Waals surface area contributed by atoms with Crippen molar-refractivity contribution in [2.24, 2.45) is 0 Å². The molecule has 0 spiro atoms. The van der Waals surface area contributed by atoms with Gasteiger partial charge in [0, 0.05) is 32.0 Å². The predicted molar refractivity (Wildman–Crippen MR) is 91.1 cm³/mol. The molecule has 1 aromatic heterocycles. The monoisotopic (exact) mass is 387 g/mol. The summed E-state index contributed by atoms with van der Waals surface area (Å²) in [6.07, 6.45) is 4.16. The van der Waals surface area contributed by atoms with E-state index < -0.39 is 25.9 Å². The Hall–Kier alpha value is -1.88. The third-order valence-electron chi connectivity index (χ3n) is 3.35. The Labute approximate surface area is 146 Å². The van der Waals surface area contributed by atoms with E-state index in [1.54, 1.807) is 24.5 Å². The number of nitrogens with one attached hydrogen (secondary N) is 1. The summed E-state index contributed by atoms with van der Waals surface area (Å²) in [5.41, 5.74) is 0.738. The van der Waals surface area contributed by atoms with E-state index in [1.165, 1.54) is 0 Å². The van der Waals surface area contributed by atoms with Crippen LogP contribution in [-0.2, 0) is 26.6 Å². The molecule has 1 aromatic carbocycles. The van der Waals surface area contributed by atoms with E-state index in [0.717, 1.165) is 40.4 Å². The van der Waals surface area contributed by atoms with Crippen LogP contribution in [0.25, 0.3) is 0 Å². The largest absolute Gasteiger partial charge is 0.265 e. The van der Waals surface area contributed by atoms with Crippen LogP contribution in [0.4, 0.5) is 4.39 Å². The van der Waals surface area contributed by atoms with Gasteiger partial charge < -0.3 is 0 Å². The fraction of sp³-hybridized carbons (Fsp3) is 0.267. The van der Waals surface area contributed by atoms with Gasteiger partial charge in [-0.1, -0.05) is 0 Å². The number of nitrogens with zero attached hydrogens (tertiary/aromatic N) is 2. The van der Waals surface area contributed by atoms with Crippen molar-refractivity contribution in [1.29, 1.82) is 0 Å². The number of aromatic nitrogens is 1. The second kappa shape index (κ2) is 8.00. The van der Waals surface area contributed by atoms with Gasteiger partial charge in [-0.2, -0.15) is 4.31 Å². The van der Waals surface area contributed by atoms with Gasteiger partial charge >= 0.3 is 0 Å². The van der Waals surface area contributed by atoms with Crippen molar-refractivity contribution in [2.45, 2.75) is 11.4 Å². The lowest BCUT2D eigenvalue weighted by atomic mass is 10.3. The zero-order valence-corrected chi connectivity index (χ0v) is 15.1. The summed E-state index contributed by atoms with van der Waals surface area (Å²) in [6.45, 7) is -0.0426. The third-order valence-corrected chi connectivity index (χ3v) is 6.08. The molecule has 1 N–H and O–H groups in total. The van der Waals surface area contributed by atoms with Crippen LogP contribution in [0.15, 0.2) is 53.7 Å². The predicted octanol–water partition coefficient (Wildman–Crippen LogP) is 0.961. The Bertz CT molecular complexity index is 902. The number of benzene rings is 1. The summed E-state index contributed by atoms with van der Waals surface area (Å²) in [6, 6.07) is 7.73. The molecule has 10 heteroatoms. The summed E-state index contributed by atoms with van der Waals surface area (Å²) >= 11 is 0. The Balaban J connectivity index is 2.02. The summed E-state index contributed by atoms with van der Waals surface area (Å²) in [7, 11) is -7.36. The maximum Gasteiger partial charge on any atom is 0.240 e. The van der Waals surface area contributed by atoms with E-state index >= 15 is 0 Å². The molecule has 0 amide bonds. The van der Waals surface area contributed by atoms with Crippen molar-refractivity contribution in [3.63, 3.8) is 0 Å². The van der Waals surface area contributed by atoms with Crippen LogP contribution >= 0.6 is 0 Å². The molecule has 0 aliphatic heterocycles. The van der Waals surface area contributed by atoms with E-state index in [0.29, 0.717) is 0 Å². The maximum atomic E-state index is 12.9. The first-order chi connectivity index (χ1) is 11.7. The first kappa shape index (κ1) is 19.4. The zero-order chi connectivity index (χ0) is 18.5. The summed E-state index contributed by atoms with van der Waals surface area (Å²) in [5.74, 6) is -0.542. The molecule has 0 bridgehead atoms. The van der Waals surface area contributed by atoms with E-state index in [9.17, 15) is 21.2 Å². The highest BCUT2D eigenvalue weighted by Gasteiger charge is 2.19. The maximum absolute atomic E-state index is 12.9. The summed E-state index contributed by atoms with van der Waals surface area (Å²) in [4.78, 5) is 3.77. The van der Waals surface area contributed by atoms with Crippen molar-refractivity contribution in [2.75, 3.05) is 19.3 Å². The molecular formula is C15H18FN3O4S2. The molecule has 0 aliphatic rings. The normalized spacial score (nSPS) is 12.4. The smallest absolute Gasteiger partial charge is 0.240 e. The Morgan fingerprint density at radius 2 is 1.64 bits per heavy atom. The highest BCUT2D eigenvalue weighted by atomic mass is 32.2. The van der Waals surface area contributed by atoms with Crippen LogP contribution in [0.3, 0.4) is 0 Å². The molecule has 2 aromatic rings. The fourth-order valence-electron chi connectivity index (χ4n) is 2.06. The van der Waals surface area contributed by atoms with Gasteiger partial charge in [-0.05, 0) is 42.0 Å². The first-order valence-corrected chi connectivity index (χ1v) is 10.6. The van der Waals surface area contributed by atoms with Crippen molar-refractivity contribution in [3.8, 4) is 0 Å². The number of hydrogen-bond donors (Lipinski definition) is 1. The first-order valence-electron chi connectivity index (χ1n) is 7.28. The summed E-state index contributed by atoms with van der Waals surface area (Å²) < 4.78 is 64.4. The molecule has 7 nitrogen and oxygen atoms in total. The molecule has 0 fully saturated rings. The third kappa shape index (κ3) is 5.85. The van der Waals surface area contributed by atoms with Gasteiger partial charge in [0.2, 0.25) is 20.0 Å². The molecule has 0 atom stereocenters. The van der Waals surface area contributed by atoms with Crippen LogP contribution in [0, 0.1) is 5.82 Å². The quantitative estimate of drug-likeness (QED) is 0.728. The molecule has 0 saturated carbocycles. The minimum absolute atomic E-state index is 0.0401. The van der Waals surface area contributed by atoms with E-state index in [2.05, 4.69) is 9.71 Å². The van der Waals surface area contributed by atoms with Gasteiger partial charge in [-0.25, -0.2) is 25.9 Å². The van der Waals surface area contributed by atoms with Gasteiger partial charge in [0.15, 0.2) is 0 Å². The van der Waals surface area contributed by atoms with Crippen molar-refractivity contribution >= 4 is 20.0 Å². The highest BCUT2D eigenvalue weighted by Crippen LogP contribution is 2.10. The van der Waals surface area contributed by atoms with Crippen molar-refractivity contribution in [1.82, 2.24) is 14.0 Å². The topological polar surface area (TPSA) is 96.4 Å². The van der Waals surface area contributed by atoms with Gasteiger partial charge in [-0.15, -0.1) is 0 Å². The number of pyridine rings is 1. The Morgan fingerprint density at radius 1 is 1.04 bits per heavy atom.